The third-order valence-corrected chi connectivity index (χ3v) is 8.55. The van der Waals surface area contributed by atoms with Crippen molar-refractivity contribution in [2.45, 2.75) is 57.7 Å². The highest BCUT2D eigenvalue weighted by molar-refractivity contribution is 6.30. The number of hydrogen-bond donors (Lipinski definition) is 1. The van der Waals surface area contributed by atoms with Gasteiger partial charge in [0.2, 0.25) is 5.95 Å². The van der Waals surface area contributed by atoms with E-state index in [0.29, 0.717) is 24.8 Å². The number of aromatic nitrogens is 2. The number of para-hydroxylation sites is 2. The Kier molecular flexibility index (Phi) is 10.7. The van der Waals surface area contributed by atoms with Crippen LogP contribution < -0.4 is 5.32 Å². The summed E-state index contributed by atoms with van der Waals surface area (Å²) in [5.41, 5.74) is 4.04. The highest BCUT2D eigenvalue weighted by Gasteiger charge is 2.24. The molecule has 2 heterocycles. The van der Waals surface area contributed by atoms with Crippen molar-refractivity contribution in [1.29, 1.82) is 0 Å². The van der Waals surface area contributed by atoms with Gasteiger partial charge in [0.05, 0.1) is 23.7 Å². The SMILES string of the molecule is CC(C)OCCn1c(NC2CCN(CCC(CN(C)C(=O)c3ccccc3)c3cccc(Cl)c3)CC2)nc2ccccc21. The van der Waals surface area contributed by atoms with Gasteiger partial charge >= 0.3 is 0 Å². The summed E-state index contributed by atoms with van der Waals surface area (Å²) in [5.74, 6) is 1.17. The molecule has 1 aliphatic heterocycles. The van der Waals surface area contributed by atoms with Crippen LogP contribution in [0.4, 0.5) is 5.95 Å². The van der Waals surface area contributed by atoms with Crippen molar-refractivity contribution in [2.75, 3.05) is 45.2 Å². The van der Waals surface area contributed by atoms with Gasteiger partial charge in [0.1, 0.15) is 0 Å². The Morgan fingerprint density at radius 1 is 1.02 bits per heavy atom. The Morgan fingerprint density at radius 3 is 2.51 bits per heavy atom. The van der Waals surface area contributed by atoms with Crippen LogP contribution in [-0.4, -0.2) is 77.2 Å². The van der Waals surface area contributed by atoms with Gasteiger partial charge in [-0.3, -0.25) is 4.79 Å². The Balaban J connectivity index is 1.18. The molecule has 0 radical (unpaired) electrons. The van der Waals surface area contributed by atoms with Gasteiger partial charge in [-0.05, 0) is 81.6 Å². The summed E-state index contributed by atoms with van der Waals surface area (Å²) in [6, 6.07) is 26.3. The van der Waals surface area contributed by atoms with Gasteiger partial charge in [0.15, 0.2) is 0 Å². The molecule has 0 saturated carbocycles. The summed E-state index contributed by atoms with van der Waals surface area (Å²) < 4.78 is 8.11. The number of nitrogens with one attached hydrogen (secondary N) is 1. The number of carbonyl (C=O) groups excluding carboxylic acids is 1. The van der Waals surface area contributed by atoms with Crippen molar-refractivity contribution >= 4 is 34.5 Å². The Bertz CT molecular complexity index is 1470. The fourth-order valence-electron chi connectivity index (χ4n) is 5.95. The molecular weight excluding hydrogens is 558 g/mol. The summed E-state index contributed by atoms with van der Waals surface area (Å²) in [4.78, 5) is 22.4. The van der Waals surface area contributed by atoms with Crippen LogP contribution in [-0.2, 0) is 11.3 Å². The zero-order valence-electron chi connectivity index (χ0n) is 25.6. The van der Waals surface area contributed by atoms with E-state index in [4.69, 9.17) is 21.3 Å². The van der Waals surface area contributed by atoms with E-state index in [-0.39, 0.29) is 17.9 Å². The van der Waals surface area contributed by atoms with Gasteiger partial charge in [-0.1, -0.05) is 54.1 Å². The minimum absolute atomic E-state index is 0.0429. The van der Waals surface area contributed by atoms with E-state index < -0.39 is 0 Å². The first-order valence-electron chi connectivity index (χ1n) is 15.5. The molecule has 3 aromatic carbocycles. The highest BCUT2D eigenvalue weighted by Crippen LogP contribution is 2.27. The Hall–Kier alpha value is -3.39. The topological polar surface area (TPSA) is 62.6 Å². The largest absolute Gasteiger partial charge is 0.377 e. The standard InChI is InChI=1S/C35H44ClN5O2/c1-26(2)43-23-22-41-33-15-8-7-14-32(33)38-35(41)37-31-17-20-40(21-18-31)19-16-29(28-12-9-13-30(36)24-28)25-39(3)34(42)27-10-5-4-6-11-27/h4-15,24,26,29,31H,16-23,25H2,1-3H3,(H,37,38). The molecule has 1 atom stereocenters. The zero-order chi connectivity index (χ0) is 30.2. The molecular formula is C35H44ClN5O2. The second-order valence-electron chi connectivity index (χ2n) is 11.8. The smallest absolute Gasteiger partial charge is 0.253 e. The molecule has 0 aliphatic carbocycles. The van der Waals surface area contributed by atoms with Gasteiger partial charge < -0.3 is 24.4 Å². The Morgan fingerprint density at radius 2 is 1.77 bits per heavy atom. The third-order valence-electron chi connectivity index (χ3n) is 8.32. The quantitative estimate of drug-likeness (QED) is 0.180. The summed E-state index contributed by atoms with van der Waals surface area (Å²) in [6.07, 6.45) is 3.27. The van der Waals surface area contributed by atoms with E-state index in [1.807, 2.05) is 66.5 Å². The number of likely N-dealkylation sites (tertiary alicyclic amines) is 1. The average molecular weight is 602 g/mol. The molecule has 43 heavy (non-hydrogen) atoms. The number of hydrogen-bond acceptors (Lipinski definition) is 5. The van der Waals surface area contributed by atoms with Crippen molar-refractivity contribution in [3.8, 4) is 0 Å². The molecule has 1 saturated heterocycles. The predicted octanol–water partition coefficient (Wildman–Crippen LogP) is 6.94. The van der Waals surface area contributed by atoms with E-state index in [1.54, 1.807) is 0 Å². The van der Waals surface area contributed by atoms with Gasteiger partial charge in [0, 0.05) is 55.8 Å². The van der Waals surface area contributed by atoms with Crippen LogP contribution in [0.3, 0.4) is 0 Å². The van der Waals surface area contributed by atoms with Crippen LogP contribution in [0.1, 0.15) is 54.9 Å². The van der Waals surface area contributed by atoms with Crippen LogP contribution >= 0.6 is 11.6 Å². The molecule has 8 heteroatoms. The third kappa shape index (κ3) is 8.37. The second kappa shape index (κ2) is 14.9. The number of likely N-dealkylation sites (N-methyl/N-ethyl adjacent to an activating group) is 1. The molecule has 0 spiro atoms. The summed E-state index contributed by atoms with van der Waals surface area (Å²) in [5, 5.41) is 4.49. The van der Waals surface area contributed by atoms with E-state index in [1.165, 1.54) is 5.56 Å². The molecule has 0 bridgehead atoms. The first-order chi connectivity index (χ1) is 20.9. The molecule has 7 nitrogen and oxygen atoms in total. The lowest BCUT2D eigenvalue weighted by molar-refractivity contribution is 0.0735. The predicted molar refractivity (Wildman–Crippen MR) is 176 cm³/mol. The van der Waals surface area contributed by atoms with Gasteiger partial charge in [-0.15, -0.1) is 0 Å². The number of rotatable bonds is 13. The number of nitrogens with zero attached hydrogens (tertiary/aromatic N) is 4. The van der Waals surface area contributed by atoms with E-state index >= 15 is 0 Å². The van der Waals surface area contributed by atoms with Crippen LogP contribution in [0.5, 0.6) is 0 Å². The lowest BCUT2D eigenvalue weighted by atomic mass is 9.94. The minimum atomic E-state index is 0.0429. The lowest BCUT2D eigenvalue weighted by Crippen LogP contribution is -2.40. The molecule has 228 valence electrons. The van der Waals surface area contributed by atoms with E-state index in [9.17, 15) is 4.79 Å². The zero-order valence-corrected chi connectivity index (χ0v) is 26.3. The van der Waals surface area contributed by atoms with Crippen molar-refractivity contribution in [3.05, 3.63) is 95.0 Å². The van der Waals surface area contributed by atoms with Crippen LogP contribution in [0, 0.1) is 0 Å². The number of carbonyl (C=O) groups is 1. The number of piperidine rings is 1. The molecule has 1 amide bonds. The number of amides is 1. The van der Waals surface area contributed by atoms with E-state index in [0.717, 1.165) is 67.4 Å². The van der Waals surface area contributed by atoms with Crippen molar-refractivity contribution in [2.24, 2.45) is 0 Å². The van der Waals surface area contributed by atoms with Crippen molar-refractivity contribution in [3.63, 3.8) is 0 Å². The summed E-state index contributed by atoms with van der Waals surface area (Å²) >= 11 is 6.38. The normalized spacial score (nSPS) is 15.2. The molecule has 1 fully saturated rings. The first kappa shape index (κ1) is 31.0. The number of halogens is 1. The maximum Gasteiger partial charge on any atom is 0.253 e. The number of fused-ring (bicyclic) bond motifs is 1. The second-order valence-corrected chi connectivity index (χ2v) is 12.3. The average Bonchev–Trinajstić information content (AvgIpc) is 3.36. The van der Waals surface area contributed by atoms with Gasteiger partial charge in [-0.25, -0.2) is 4.98 Å². The number of anilines is 1. The highest BCUT2D eigenvalue weighted by atomic mass is 35.5. The number of imidazole rings is 1. The minimum Gasteiger partial charge on any atom is -0.377 e. The first-order valence-corrected chi connectivity index (χ1v) is 15.9. The molecule has 1 aromatic heterocycles. The van der Waals surface area contributed by atoms with Crippen LogP contribution in [0.25, 0.3) is 11.0 Å². The van der Waals surface area contributed by atoms with Crippen molar-refractivity contribution < 1.29 is 9.53 Å². The monoisotopic (exact) mass is 601 g/mol. The molecule has 1 N–H and O–H groups in total. The maximum absolute atomic E-state index is 13.1. The van der Waals surface area contributed by atoms with E-state index in [2.05, 4.69) is 52.9 Å². The fourth-order valence-corrected chi connectivity index (χ4v) is 6.15. The van der Waals surface area contributed by atoms with Crippen LogP contribution in [0.2, 0.25) is 5.02 Å². The van der Waals surface area contributed by atoms with Gasteiger partial charge in [-0.2, -0.15) is 0 Å². The Labute approximate surface area is 260 Å². The molecule has 5 rings (SSSR count). The van der Waals surface area contributed by atoms with Crippen molar-refractivity contribution in [1.82, 2.24) is 19.4 Å². The molecule has 1 unspecified atom stereocenters. The summed E-state index contributed by atoms with van der Waals surface area (Å²) in [7, 11) is 1.90. The number of benzene rings is 3. The summed E-state index contributed by atoms with van der Waals surface area (Å²) in [6.45, 7) is 9.23. The number of ether oxygens (including phenoxy) is 1. The maximum atomic E-state index is 13.1. The molecule has 1 aliphatic rings. The molecule has 4 aromatic rings. The van der Waals surface area contributed by atoms with Gasteiger partial charge in [0.25, 0.3) is 5.91 Å². The van der Waals surface area contributed by atoms with Crippen LogP contribution in [0.15, 0.2) is 78.9 Å². The fraction of sp³-hybridized carbons (Fsp3) is 0.429. The lowest BCUT2D eigenvalue weighted by Gasteiger charge is -2.34.